The number of aromatic carboxylic acids is 1. The van der Waals surface area contributed by atoms with Gasteiger partial charge in [-0.25, -0.2) is 0 Å². The number of esters is 1. The fourth-order valence-corrected chi connectivity index (χ4v) is 5.67. The van der Waals surface area contributed by atoms with Crippen molar-refractivity contribution in [1.29, 1.82) is 0 Å². The number of hydrogen-bond donors (Lipinski definition) is 1. The van der Waals surface area contributed by atoms with Gasteiger partial charge in [0, 0.05) is 0 Å². The molecular formula is C21H16F3NO5Se. The number of alkyl halides is 3. The molecule has 1 saturated carbocycles. The van der Waals surface area contributed by atoms with Crippen LogP contribution in [0.1, 0.15) is 34.2 Å². The number of halogens is 3. The van der Waals surface area contributed by atoms with Crippen LogP contribution in [0.4, 0.5) is 13.2 Å². The number of carbonyl (C=O) groups excluding carboxylic acids is 1. The number of fused-ring (bicyclic) bond motifs is 1. The SMILES string of the molecule is CCOC(=O)C1CC1c1cccc(-c2c(C(=O)O)[se]c3ccc(OC(F)(F)F)cc23)n1. The Hall–Kier alpha value is -2.84. The number of benzene rings is 1. The van der Waals surface area contributed by atoms with Crippen LogP contribution >= 0.6 is 0 Å². The van der Waals surface area contributed by atoms with Gasteiger partial charge in [0.25, 0.3) is 0 Å². The molecule has 1 aromatic carbocycles. The van der Waals surface area contributed by atoms with E-state index in [1.807, 2.05) is 0 Å². The summed E-state index contributed by atoms with van der Waals surface area (Å²) in [5.41, 5.74) is 1.25. The number of hydrogen-bond acceptors (Lipinski definition) is 5. The molecule has 162 valence electrons. The predicted octanol–water partition coefficient (Wildman–Crippen LogP) is 4.22. The molecule has 10 heteroatoms. The van der Waals surface area contributed by atoms with E-state index in [4.69, 9.17) is 4.74 Å². The number of rotatable bonds is 6. The first-order chi connectivity index (χ1) is 14.7. The van der Waals surface area contributed by atoms with E-state index in [0.29, 0.717) is 27.5 Å². The van der Waals surface area contributed by atoms with Crippen LogP contribution in [0.15, 0.2) is 36.4 Å². The van der Waals surface area contributed by atoms with Crippen molar-refractivity contribution in [2.24, 2.45) is 5.92 Å². The van der Waals surface area contributed by atoms with Gasteiger partial charge in [0.1, 0.15) is 0 Å². The van der Waals surface area contributed by atoms with Crippen LogP contribution in [0.2, 0.25) is 0 Å². The Labute approximate surface area is 180 Å². The van der Waals surface area contributed by atoms with E-state index in [1.54, 1.807) is 25.1 Å². The van der Waals surface area contributed by atoms with Gasteiger partial charge in [-0.05, 0) is 0 Å². The number of carboxylic acids is 1. The summed E-state index contributed by atoms with van der Waals surface area (Å²) < 4.78 is 47.7. The first-order valence-electron chi connectivity index (χ1n) is 9.37. The first kappa shape index (κ1) is 21.4. The second-order valence-corrected chi connectivity index (χ2v) is 9.17. The molecule has 1 fully saturated rings. The molecule has 2 atom stereocenters. The molecule has 0 saturated heterocycles. The van der Waals surface area contributed by atoms with Crippen molar-refractivity contribution in [3.05, 3.63) is 46.5 Å². The summed E-state index contributed by atoms with van der Waals surface area (Å²) in [5, 5.41) is 10.1. The zero-order chi connectivity index (χ0) is 22.3. The normalized spacial score (nSPS) is 18.1. The molecular weight excluding hydrogens is 482 g/mol. The minimum absolute atomic E-state index is 0.106. The fraction of sp³-hybridized carbons (Fsp3) is 0.286. The summed E-state index contributed by atoms with van der Waals surface area (Å²) in [7, 11) is 0. The van der Waals surface area contributed by atoms with Crippen LogP contribution in [-0.4, -0.2) is 49.5 Å². The van der Waals surface area contributed by atoms with Crippen LogP contribution in [0.25, 0.3) is 20.9 Å². The van der Waals surface area contributed by atoms with Gasteiger partial charge in [0.2, 0.25) is 0 Å². The fourth-order valence-electron chi connectivity index (χ4n) is 3.51. The molecule has 2 unspecified atom stereocenters. The van der Waals surface area contributed by atoms with E-state index in [2.05, 4.69) is 9.72 Å². The predicted molar refractivity (Wildman–Crippen MR) is 105 cm³/mol. The van der Waals surface area contributed by atoms with Gasteiger partial charge in [-0.1, -0.05) is 0 Å². The monoisotopic (exact) mass is 499 g/mol. The van der Waals surface area contributed by atoms with Crippen LogP contribution in [0.3, 0.4) is 0 Å². The molecule has 0 radical (unpaired) electrons. The summed E-state index contributed by atoms with van der Waals surface area (Å²) in [6.07, 6.45) is -4.27. The summed E-state index contributed by atoms with van der Waals surface area (Å²) in [6.45, 7) is 2.01. The average molecular weight is 498 g/mol. The van der Waals surface area contributed by atoms with E-state index in [1.165, 1.54) is 18.2 Å². The van der Waals surface area contributed by atoms with Crippen molar-refractivity contribution in [1.82, 2.24) is 4.98 Å². The van der Waals surface area contributed by atoms with Gasteiger partial charge in [-0.3, -0.25) is 0 Å². The molecule has 0 amide bonds. The third-order valence-corrected chi connectivity index (χ3v) is 7.30. The molecule has 0 bridgehead atoms. The van der Waals surface area contributed by atoms with E-state index >= 15 is 0 Å². The summed E-state index contributed by atoms with van der Waals surface area (Å²) >= 11 is -0.599. The number of carboxylic acid groups (broad SMARTS) is 1. The topological polar surface area (TPSA) is 85.7 Å². The standard InChI is InChI=1S/C21H16F3NO5Se/c1-2-29-20(28)12-9-11(12)14-4-3-5-15(25-14)17-13-8-10(30-21(22,23)24)6-7-16(13)31-18(17)19(26)27/h3-8,11-12H,2,9H2,1H3,(H,26,27). The Bertz CT molecular complexity index is 1170. The van der Waals surface area contributed by atoms with Gasteiger partial charge < -0.3 is 0 Å². The number of nitrogens with zero attached hydrogens (tertiary/aromatic N) is 1. The van der Waals surface area contributed by atoms with Gasteiger partial charge in [0.05, 0.1) is 0 Å². The first-order valence-corrected chi connectivity index (χ1v) is 11.1. The molecule has 1 aliphatic carbocycles. The third-order valence-electron chi connectivity index (χ3n) is 4.87. The Morgan fingerprint density at radius 3 is 2.71 bits per heavy atom. The molecule has 0 spiro atoms. The van der Waals surface area contributed by atoms with Gasteiger partial charge in [-0.15, -0.1) is 0 Å². The third kappa shape index (κ3) is 4.45. The molecule has 1 N–H and O–H groups in total. The molecule has 1 aliphatic rings. The van der Waals surface area contributed by atoms with Gasteiger partial charge in [-0.2, -0.15) is 0 Å². The molecule has 0 aliphatic heterocycles. The molecule has 31 heavy (non-hydrogen) atoms. The second-order valence-electron chi connectivity index (χ2n) is 6.97. The number of ether oxygens (including phenoxy) is 2. The Morgan fingerprint density at radius 1 is 1.26 bits per heavy atom. The summed E-state index contributed by atoms with van der Waals surface area (Å²) in [5.74, 6) is -2.28. The zero-order valence-electron chi connectivity index (χ0n) is 16.1. The van der Waals surface area contributed by atoms with Gasteiger partial charge >= 0.3 is 180 Å². The maximum atomic E-state index is 12.6. The maximum absolute atomic E-state index is 12.6. The Kier molecular flexibility index (Phi) is 5.53. The average Bonchev–Trinajstić information content (AvgIpc) is 3.41. The van der Waals surface area contributed by atoms with Crippen molar-refractivity contribution in [2.75, 3.05) is 6.61 Å². The van der Waals surface area contributed by atoms with Crippen molar-refractivity contribution in [3.63, 3.8) is 0 Å². The van der Waals surface area contributed by atoms with Crippen LogP contribution in [-0.2, 0) is 9.53 Å². The minimum atomic E-state index is -4.86. The number of carbonyl (C=O) groups is 2. The Morgan fingerprint density at radius 2 is 2.03 bits per heavy atom. The molecule has 4 rings (SSSR count). The molecule has 3 aromatic rings. The van der Waals surface area contributed by atoms with E-state index in [0.717, 1.165) is 0 Å². The molecule has 2 aromatic heterocycles. The number of aromatic nitrogens is 1. The zero-order valence-corrected chi connectivity index (χ0v) is 17.8. The van der Waals surface area contributed by atoms with Crippen LogP contribution < -0.4 is 4.74 Å². The van der Waals surface area contributed by atoms with Gasteiger partial charge in [0.15, 0.2) is 0 Å². The molecule has 2 heterocycles. The van der Waals surface area contributed by atoms with Crippen LogP contribution in [0, 0.1) is 5.92 Å². The van der Waals surface area contributed by atoms with Crippen molar-refractivity contribution >= 4 is 36.1 Å². The van der Waals surface area contributed by atoms with E-state index in [9.17, 15) is 27.9 Å². The quantitative estimate of drug-likeness (QED) is 0.405. The molecule has 6 nitrogen and oxygen atoms in total. The van der Waals surface area contributed by atoms with E-state index in [-0.39, 0.29) is 34.4 Å². The van der Waals surface area contributed by atoms with Crippen LogP contribution in [0.5, 0.6) is 5.75 Å². The summed E-state index contributed by atoms with van der Waals surface area (Å²) in [6, 6.07) is 8.89. The van der Waals surface area contributed by atoms with Crippen molar-refractivity contribution in [3.8, 4) is 17.0 Å². The summed E-state index contributed by atoms with van der Waals surface area (Å²) in [4.78, 5) is 28.4. The second kappa shape index (κ2) is 8.01. The number of pyridine rings is 1. The van der Waals surface area contributed by atoms with Crippen molar-refractivity contribution < 1.29 is 37.3 Å². The van der Waals surface area contributed by atoms with Crippen molar-refractivity contribution in [2.45, 2.75) is 25.6 Å². The Balaban J connectivity index is 1.76. The van der Waals surface area contributed by atoms with E-state index < -0.39 is 32.6 Å².